The molecule has 6 nitrogen and oxygen atoms in total. The SMILES string of the molecule is CC(C)C[C@H](NC(=O)c1ccc2ccccc2c1)C(=O)N[N+]1(Cc2ccc(Oc3ccccc3)cc2)CCCC1. The standard InChI is InChI=1S/C34H37N3O3/c1-25(2)22-32(35-33(38)29-17-16-27-10-6-7-11-28(27)23-29)34(39)36-37(20-8-9-21-37)24-26-14-18-31(19-15-26)40-30-12-4-3-5-13-30/h3-7,10-19,23,25,32H,8-9,20-22,24H2,1-2H3,(H-,35,36,38,39)/p+1/t32-/m0/s1. The Hall–Kier alpha value is -4.16. The van der Waals surface area contributed by atoms with Gasteiger partial charge in [-0.25, -0.2) is 4.59 Å². The number of carbonyl (C=O) groups is 2. The van der Waals surface area contributed by atoms with Crippen molar-refractivity contribution in [1.82, 2.24) is 10.7 Å². The van der Waals surface area contributed by atoms with Crippen LogP contribution < -0.4 is 15.5 Å². The molecule has 6 heteroatoms. The van der Waals surface area contributed by atoms with E-state index in [1.807, 2.05) is 84.9 Å². The molecule has 1 heterocycles. The van der Waals surface area contributed by atoms with Gasteiger partial charge >= 0.3 is 0 Å². The number of rotatable bonds is 10. The first-order valence-electron chi connectivity index (χ1n) is 14.2. The van der Waals surface area contributed by atoms with Crippen LogP contribution in [0.25, 0.3) is 10.8 Å². The number of carbonyl (C=O) groups excluding carboxylic acids is 2. The van der Waals surface area contributed by atoms with Gasteiger partial charge in [0.15, 0.2) is 0 Å². The molecule has 1 atom stereocenters. The predicted molar refractivity (Wildman–Crippen MR) is 159 cm³/mol. The number of hydrogen-bond donors (Lipinski definition) is 2. The molecule has 4 aromatic rings. The number of fused-ring (bicyclic) bond motifs is 1. The van der Waals surface area contributed by atoms with Crippen molar-refractivity contribution in [2.75, 3.05) is 13.1 Å². The minimum Gasteiger partial charge on any atom is -0.457 e. The van der Waals surface area contributed by atoms with Gasteiger partial charge in [0.2, 0.25) is 0 Å². The second-order valence-electron chi connectivity index (χ2n) is 11.2. The number of nitrogens with zero attached hydrogens (tertiary/aromatic N) is 1. The lowest BCUT2D eigenvalue weighted by Crippen LogP contribution is -2.62. The first-order valence-corrected chi connectivity index (χ1v) is 14.2. The number of para-hydroxylation sites is 1. The van der Waals surface area contributed by atoms with E-state index in [2.05, 4.69) is 36.7 Å². The maximum Gasteiger partial charge on any atom is 0.287 e. The summed E-state index contributed by atoms with van der Waals surface area (Å²) in [5, 5.41) is 5.12. The molecular formula is C34H38N3O3+. The average Bonchev–Trinajstić information content (AvgIpc) is 3.41. The highest BCUT2D eigenvalue weighted by Crippen LogP contribution is 2.25. The third-order valence-electron chi connectivity index (χ3n) is 7.50. The first kappa shape index (κ1) is 27.4. The van der Waals surface area contributed by atoms with E-state index in [9.17, 15) is 9.59 Å². The van der Waals surface area contributed by atoms with Gasteiger partial charge in [-0.15, -0.1) is 0 Å². The van der Waals surface area contributed by atoms with Crippen LogP contribution in [0, 0.1) is 5.92 Å². The van der Waals surface area contributed by atoms with Crippen LogP contribution in [-0.4, -0.2) is 35.5 Å². The zero-order chi connectivity index (χ0) is 28.0. The lowest BCUT2D eigenvalue weighted by Gasteiger charge is -2.35. The van der Waals surface area contributed by atoms with Crippen molar-refractivity contribution in [2.45, 2.75) is 45.7 Å². The Kier molecular flexibility index (Phi) is 8.46. The number of benzene rings is 4. The Labute approximate surface area is 236 Å². The third-order valence-corrected chi connectivity index (χ3v) is 7.50. The number of nitrogens with one attached hydrogen (secondary N) is 2. The van der Waals surface area contributed by atoms with Crippen LogP contribution in [0.3, 0.4) is 0 Å². The molecule has 2 N–H and O–H groups in total. The van der Waals surface area contributed by atoms with Crippen LogP contribution in [0.15, 0.2) is 97.1 Å². The minimum absolute atomic E-state index is 0.131. The van der Waals surface area contributed by atoms with Crippen LogP contribution in [0.1, 0.15) is 49.0 Å². The van der Waals surface area contributed by atoms with E-state index in [-0.39, 0.29) is 17.7 Å². The smallest absolute Gasteiger partial charge is 0.287 e. The number of ether oxygens (including phenoxy) is 1. The van der Waals surface area contributed by atoms with Crippen molar-refractivity contribution >= 4 is 22.6 Å². The molecule has 0 radical (unpaired) electrons. The Bertz CT molecular complexity index is 1440. The Morgan fingerprint density at radius 3 is 2.15 bits per heavy atom. The van der Waals surface area contributed by atoms with Crippen LogP contribution in [0.4, 0.5) is 0 Å². The van der Waals surface area contributed by atoms with E-state index in [0.717, 1.165) is 53.8 Å². The minimum atomic E-state index is -0.615. The Morgan fingerprint density at radius 2 is 1.45 bits per heavy atom. The number of likely N-dealkylation sites (tertiary alicyclic amines) is 1. The average molecular weight is 537 g/mol. The van der Waals surface area contributed by atoms with Gasteiger partial charge in [-0.05, 0) is 71.6 Å². The Morgan fingerprint density at radius 1 is 0.800 bits per heavy atom. The molecule has 0 saturated carbocycles. The molecule has 206 valence electrons. The lowest BCUT2D eigenvalue weighted by molar-refractivity contribution is -0.963. The van der Waals surface area contributed by atoms with Gasteiger partial charge in [0.1, 0.15) is 37.2 Å². The third kappa shape index (κ3) is 6.88. The zero-order valence-corrected chi connectivity index (χ0v) is 23.3. The molecule has 0 aliphatic carbocycles. The molecule has 0 aromatic heterocycles. The highest BCUT2D eigenvalue weighted by molar-refractivity contribution is 6.00. The zero-order valence-electron chi connectivity index (χ0n) is 23.3. The molecular weight excluding hydrogens is 498 g/mol. The Balaban J connectivity index is 1.27. The molecule has 1 aliphatic rings. The van der Waals surface area contributed by atoms with E-state index < -0.39 is 6.04 Å². The highest BCUT2D eigenvalue weighted by atomic mass is 16.5. The topological polar surface area (TPSA) is 67.4 Å². The fraction of sp³-hybridized carbons (Fsp3) is 0.294. The van der Waals surface area contributed by atoms with Gasteiger partial charge in [0.25, 0.3) is 11.8 Å². The second-order valence-corrected chi connectivity index (χ2v) is 11.2. The number of amides is 2. The largest absolute Gasteiger partial charge is 0.457 e. The van der Waals surface area contributed by atoms with E-state index in [0.29, 0.717) is 23.1 Å². The van der Waals surface area contributed by atoms with Gasteiger partial charge in [-0.2, -0.15) is 5.43 Å². The summed E-state index contributed by atoms with van der Waals surface area (Å²) in [5.41, 5.74) is 5.03. The molecule has 40 heavy (non-hydrogen) atoms. The molecule has 0 unspecified atom stereocenters. The van der Waals surface area contributed by atoms with Gasteiger partial charge in [-0.3, -0.25) is 9.59 Å². The fourth-order valence-electron chi connectivity index (χ4n) is 5.47. The van der Waals surface area contributed by atoms with E-state index >= 15 is 0 Å². The number of hydrogen-bond acceptors (Lipinski definition) is 3. The van der Waals surface area contributed by atoms with Gasteiger partial charge in [0.05, 0.1) is 0 Å². The molecule has 1 saturated heterocycles. The molecule has 1 aliphatic heterocycles. The molecule has 0 bridgehead atoms. The second kappa shape index (κ2) is 12.3. The molecule has 5 rings (SSSR count). The van der Waals surface area contributed by atoms with Gasteiger partial charge < -0.3 is 10.1 Å². The summed E-state index contributed by atoms with van der Waals surface area (Å²) in [4.78, 5) is 27.0. The normalized spacial score (nSPS) is 15.1. The molecule has 2 amide bonds. The van der Waals surface area contributed by atoms with Crippen molar-refractivity contribution in [1.29, 1.82) is 0 Å². The van der Waals surface area contributed by atoms with E-state index in [1.165, 1.54) is 0 Å². The van der Waals surface area contributed by atoms with Crippen LogP contribution >= 0.6 is 0 Å². The summed E-state index contributed by atoms with van der Waals surface area (Å²) in [6.45, 7) is 6.55. The highest BCUT2D eigenvalue weighted by Gasteiger charge is 2.37. The monoisotopic (exact) mass is 536 g/mol. The van der Waals surface area contributed by atoms with Crippen molar-refractivity contribution < 1.29 is 18.9 Å². The van der Waals surface area contributed by atoms with Crippen LogP contribution in [0.5, 0.6) is 11.5 Å². The van der Waals surface area contributed by atoms with Crippen LogP contribution in [-0.2, 0) is 11.3 Å². The first-order chi connectivity index (χ1) is 19.4. The van der Waals surface area contributed by atoms with Gasteiger partial charge in [-0.1, -0.05) is 62.4 Å². The van der Waals surface area contributed by atoms with E-state index in [1.54, 1.807) is 0 Å². The quantitative estimate of drug-likeness (QED) is 0.224. The fourth-order valence-corrected chi connectivity index (χ4v) is 5.47. The van der Waals surface area contributed by atoms with Crippen molar-refractivity contribution in [3.63, 3.8) is 0 Å². The molecule has 1 fully saturated rings. The maximum absolute atomic E-state index is 13.7. The lowest BCUT2D eigenvalue weighted by atomic mass is 10.0. The summed E-state index contributed by atoms with van der Waals surface area (Å²) >= 11 is 0. The van der Waals surface area contributed by atoms with Gasteiger partial charge in [0, 0.05) is 24.0 Å². The van der Waals surface area contributed by atoms with E-state index in [4.69, 9.17) is 4.74 Å². The summed E-state index contributed by atoms with van der Waals surface area (Å²) in [6.07, 6.45) is 2.66. The predicted octanol–water partition coefficient (Wildman–Crippen LogP) is 6.62. The van der Waals surface area contributed by atoms with Crippen molar-refractivity contribution in [2.24, 2.45) is 5.92 Å². The van der Waals surface area contributed by atoms with Crippen molar-refractivity contribution in [3.8, 4) is 11.5 Å². The molecule has 0 spiro atoms. The summed E-state index contributed by atoms with van der Waals surface area (Å²) in [6, 6.07) is 30.8. The molecule has 4 aromatic carbocycles. The summed E-state index contributed by atoms with van der Waals surface area (Å²) < 4.78 is 6.43. The summed E-state index contributed by atoms with van der Waals surface area (Å²) in [5.74, 6) is 1.46. The van der Waals surface area contributed by atoms with Crippen LogP contribution in [0.2, 0.25) is 0 Å². The summed E-state index contributed by atoms with van der Waals surface area (Å²) in [7, 11) is 0. The maximum atomic E-state index is 13.7. The van der Waals surface area contributed by atoms with Crippen molar-refractivity contribution in [3.05, 3.63) is 108 Å². The number of quaternary nitrogens is 1.